The molecule has 0 atom stereocenters. The van der Waals surface area contributed by atoms with E-state index in [9.17, 15) is 19.7 Å². The number of urea groups is 1. The van der Waals surface area contributed by atoms with Crippen molar-refractivity contribution >= 4 is 29.0 Å². The molecule has 0 radical (unpaired) electrons. The molecule has 3 amide bonds. The number of carbonyl (C=O) groups is 2. The quantitative estimate of drug-likeness (QED) is 0.466. The predicted octanol–water partition coefficient (Wildman–Crippen LogP) is 3.36. The summed E-state index contributed by atoms with van der Waals surface area (Å²) in [5.74, 6) is -0.512. The summed E-state index contributed by atoms with van der Waals surface area (Å²) < 4.78 is 1.36. The van der Waals surface area contributed by atoms with E-state index in [1.807, 2.05) is 0 Å². The minimum atomic E-state index is -0.512. The van der Waals surface area contributed by atoms with Crippen LogP contribution in [0.25, 0.3) is 5.69 Å². The number of nitrogens with zero attached hydrogens (tertiary/aromatic N) is 5. The van der Waals surface area contributed by atoms with E-state index in [-0.39, 0.29) is 17.4 Å². The fourth-order valence-corrected chi connectivity index (χ4v) is 3.52. The zero-order valence-electron chi connectivity index (χ0n) is 17.3. The summed E-state index contributed by atoms with van der Waals surface area (Å²) in [6.45, 7) is 3.06. The minimum Gasteiger partial charge on any atom is -0.325 e. The number of non-ortho nitro benzene ring substituents is 1. The number of aromatic nitrogens is 3. The topological polar surface area (TPSA) is 135 Å². The van der Waals surface area contributed by atoms with Gasteiger partial charge in [-0.3, -0.25) is 14.9 Å². The number of nitro groups is 1. The molecule has 11 nitrogen and oxygen atoms in total. The van der Waals surface area contributed by atoms with E-state index < -0.39 is 10.8 Å². The normalized spacial score (nSPS) is 13.1. The van der Waals surface area contributed by atoms with Gasteiger partial charge in [0.1, 0.15) is 0 Å². The number of para-hydroxylation sites is 2. The highest BCUT2D eigenvalue weighted by Crippen LogP contribution is 2.24. The lowest BCUT2D eigenvalue weighted by Gasteiger charge is -2.18. The van der Waals surface area contributed by atoms with Crippen molar-refractivity contribution < 1.29 is 14.5 Å². The van der Waals surface area contributed by atoms with E-state index in [1.165, 1.54) is 22.9 Å². The molecule has 1 aliphatic heterocycles. The Balaban J connectivity index is 1.54. The number of rotatable bonds is 5. The average molecular weight is 435 g/mol. The molecule has 4 rings (SSSR count). The summed E-state index contributed by atoms with van der Waals surface area (Å²) >= 11 is 0. The summed E-state index contributed by atoms with van der Waals surface area (Å²) in [6.07, 6.45) is 1.95. The van der Waals surface area contributed by atoms with Gasteiger partial charge in [-0.15, -0.1) is 5.10 Å². The van der Waals surface area contributed by atoms with Crippen molar-refractivity contribution in [2.24, 2.45) is 0 Å². The van der Waals surface area contributed by atoms with Gasteiger partial charge in [0.15, 0.2) is 5.69 Å². The molecule has 0 spiro atoms. The van der Waals surface area contributed by atoms with Crippen LogP contribution in [0.4, 0.5) is 21.9 Å². The molecular weight excluding hydrogens is 414 g/mol. The van der Waals surface area contributed by atoms with Crippen LogP contribution in [-0.4, -0.2) is 49.8 Å². The molecule has 0 saturated carbocycles. The third-order valence-electron chi connectivity index (χ3n) is 5.20. The van der Waals surface area contributed by atoms with Crippen LogP contribution in [0, 0.1) is 17.0 Å². The van der Waals surface area contributed by atoms with Crippen molar-refractivity contribution in [2.75, 3.05) is 23.7 Å². The van der Waals surface area contributed by atoms with Crippen LogP contribution in [0.5, 0.6) is 0 Å². The number of nitrogens with one attached hydrogen (secondary N) is 2. The largest absolute Gasteiger partial charge is 0.325 e. The van der Waals surface area contributed by atoms with E-state index in [2.05, 4.69) is 20.9 Å². The highest BCUT2D eigenvalue weighted by Gasteiger charge is 2.21. The van der Waals surface area contributed by atoms with E-state index in [1.54, 1.807) is 42.2 Å². The van der Waals surface area contributed by atoms with Gasteiger partial charge in [0.05, 0.1) is 27.7 Å². The lowest BCUT2D eigenvalue weighted by molar-refractivity contribution is -0.384. The van der Waals surface area contributed by atoms with E-state index in [4.69, 9.17) is 0 Å². The second-order valence-corrected chi connectivity index (χ2v) is 7.34. The smallest absolute Gasteiger partial charge is 0.321 e. The molecule has 2 N–H and O–H groups in total. The number of hydrogen-bond donors (Lipinski definition) is 2. The summed E-state index contributed by atoms with van der Waals surface area (Å²) in [5, 5.41) is 24.6. The van der Waals surface area contributed by atoms with Gasteiger partial charge < -0.3 is 15.5 Å². The van der Waals surface area contributed by atoms with Gasteiger partial charge in [-0.2, -0.15) is 0 Å². The van der Waals surface area contributed by atoms with Crippen molar-refractivity contribution in [3.05, 3.63) is 70.0 Å². The number of amides is 3. The van der Waals surface area contributed by atoms with Gasteiger partial charge in [-0.25, -0.2) is 9.48 Å². The van der Waals surface area contributed by atoms with Crippen LogP contribution in [0.1, 0.15) is 29.0 Å². The first kappa shape index (κ1) is 21.0. The number of carbonyl (C=O) groups excluding carboxylic acids is 2. The van der Waals surface area contributed by atoms with Crippen LogP contribution in [-0.2, 0) is 0 Å². The molecule has 2 heterocycles. The predicted molar refractivity (Wildman–Crippen MR) is 117 cm³/mol. The maximum Gasteiger partial charge on any atom is 0.321 e. The van der Waals surface area contributed by atoms with E-state index in [0.717, 1.165) is 12.8 Å². The van der Waals surface area contributed by atoms with Gasteiger partial charge in [0.25, 0.3) is 11.6 Å². The monoisotopic (exact) mass is 435 g/mol. The number of likely N-dealkylation sites (tertiary alicyclic amines) is 1. The van der Waals surface area contributed by atoms with Gasteiger partial charge >= 0.3 is 6.03 Å². The highest BCUT2D eigenvalue weighted by atomic mass is 16.6. The summed E-state index contributed by atoms with van der Waals surface area (Å²) in [4.78, 5) is 37.6. The second-order valence-electron chi connectivity index (χ2n) is 7.34. The Hall–Kier alpha value is -4.28. The SMILES string of the molecule is Cc1c(C(=O)Nc2ccccc2NC(=O)N2CCCC2)nnn1-c1cccc([N+](=O)[O-])c1. The third kappa shape index (κ3) is 4.26. The molecule has 164 valence electrons. The fourth-order valence-electron chi connectivity index (χ4n) is 3.52. The maximum absolute atomic E-state index is 12.9. The van der Waals surface area contributed by atoms with Crippen LogP contribution in [0.2, 0.25) is 0 Å². The van der Waals surface area contributed by atoms with Crippen LogP contribution in [0.15, 0.2) is 48.5 Å². The molecule has 32 heavy (non-hydrogen) atoms. The number of benzene rings is 2. The molecule has 11 heteroatoms. The van der Waals surface area contributed by atoms with Crippen molar-refractivity contribution in [3.63, 3.8) is 0 Å². The van der Waals surface area contributed by atoms with Gasteiger partial charge in [-0.1, -0.05) is 23.4 Å². The van der Waals surface area contributed by atoms with Crippen molar-refractivity contribution in [2.45, 2.75) is 19.8 Å². The standard InChI is InChI=1S/C21H21N7O4/c1-14-19(24-25-27(14)15-7-6-8-16(13-15)28(31)32)20(29)22-17-9-2-3-10-18(17)23-21(30)26-11-4-5-12-26/h2-3,6-10,13H,4-5,11-12H2,1H3,(H,22,29)(H,23,30). The molecular formula is C21H21N7O4. The Morgan fingerprint density at radius 3 is 2.41 bits per heavy atom. The lowest BCUT2D eigenvalue weighted by atomic mass is 10.2. The number of hydrogen-bond acceptors (Lipinski definition) is 6. The summed E-state index contributed by atoms with van der Waals surface area (Å²) in [5.41, 5.74) is 1.71. The second kappa shape index (κ2) is 8.84. The first-order valence-electron chi connectivity index (χ1n) is 10.1. The van der Waals surface area contributed by atoms with Gasteiger partial charge in [0.2, 0.25) is 0 Å². The molecule has 0 aliphatic carbocycles. The molecule has 0 unspecified atom stereocenters. The van der Waals surface area contributed by atoms with Crippen LogP contribution in [0.3, 0.4) is 0 Å². The van der Waals surface area contributed by atoms with Crippen molar-refractivity contribution in [1.82, 2.24) is 19.9 Å². The average Bonchev–Trinajstić information content (AvgIpc) is 3.45. The van der Waals surface area contributed by atoms with Gasteiger partial charge in [0, 0.05) is 25.2 Å². The summed E-state index contributed by atoms with van der Waals surface area (Å²) in [7, 11) is 0. The Labute approximate surface area is 183 Å². The van der Waals surface area contributed by atoms with Crippen LogP contribution >= 0.6 is 0 Å². The molecule has 1 aliphatic rings. The zero-order valence-corrected chi connectivity index (χ0v) is 17.3. The first-order valence-corrected chi connectivity index (χ1v) is 10.1. The van der Waals surface area contributed by atoms with Crippen molar-refractivity contribution in [3.8, 4) is 5.69 Å². The van der Waals surface area contributed by atoms with E-state index >= 15 is 0 Å². The van der Waals surface area contributed by atoms with Gasteiger partial charge in [-0.05, 0) is 38.0 Å². The number of anilines is 2. The summed E-state index contributed by atoms with van der Waals surface area (Å²) in [6, 6.07) is 12.6. The Morgan fingerprint density at radius 2 is 1.72 bits per heavy atom. The molecule has 1 fully saturated rings. The minimum absolute atomic E-state index is 0.0668. The number of nitro benzene ring substituents is 1. The molecule has 2 aromatic carbocycles. The molecule has 0 bridgehead atoms. The van der Waals surface area contributed by atoms with Crippen molar-refractivity contribution in [1.29, 1.82) is 0 Å². The molecule has 1 saturated heterocycles. The Kier molecular flexibility index (Phi) is 5.79. The lowest BCUT2D eigenvalue weighted by Crippen LogP contribution is -2.32. The Morgan fingerprint density at radius 1 is 1.03 bits per heavy atom. The molecule has 1 aromatic heterocycles. The highest BCUT2D eigenvalue weighted by molar-refractivity contribution is 6.06. The van der Waals surface area contributed by atoms with Crippen LogP contribution < -0.4 is 10.6 Å². The maximum atomic E-state index is 12.9. The molecule has 3 aromatic rings. The van der Waals surface area contributed by atoms with E-state index in [0.29, 0.717) is 35.8 Å². The Bertz CT molecular complexity index is 1180. The third-order valence-corrected chi connectivity index (χ3v) is 5.20. The first-order chi connectivity index (χ1) is 15.4. The zero-order chi connectivity index (χ0) is 22.7. The fraction of sp³-hybridized carbons (Fsp3) is 0.238.